The first-order chi connectivity index (χ1) is 6.26. The Morgan fingerprint density at radius 3 is 2.85 bits per heavy atom. The van der Waals surface area contributed by atoms with Crippen LogP contribution in [-0.4, -0.2) is 18.6 Å². The third-order valence-electron chi connectivity index (χ3n) is 1.70. The zero-order valence-corrected chi connectivity index (χ0v) is 7.95. The quantitative estimate of drug-likeness (QED) is 0.762. The molecule has 0 saturated heterocycles. The van der Waals surface area contributed by atoms with Crippen molar-refractivity contribution in [1.82, 2.24) is 4.98 Å². The van der Waals surface area contributed by atoms with Gasteiger partial charge >= 0.3 is 0 Å². The van der Waals surface area contributed by atoms with Gasteiger partial charge in [0.15, 0.2) is 0 Å². The summed E-state index contributed by atoms with van der Waals surface area (Å²) < 4.78 is 4.94. The van der Waals surface area contributed by atoms with Gasteiger partial charge in [-0.1, -0.05) is 11.6 Å². The maximum Gasteiger partial charge on any atom is 0.212 e. The smallest absolute Gasteiger partial charge is 0.212 e. The van der Waals surface area contributed by atoms with Crippen LogP contribution in [0.2, 0.25) is 0 Å². The lowest BCUT2D eigenvalue weighted by atomic mass is 10.2. The number of pyridine rings is 1. The van der Waals surface area contributed by atoms with Gasteiger partial charge in [0, 0.05) is 18.8 Å². The van der Waals surface area contributed by atoms with Crippen LogP contribution in [-0.2, 0) is 0 Å². The van der Waals surface area contributed by atoms with Crippen molar-refractivity contribution in [3.8, 4) is 5.88 Å². The van der Waals surface area contributed by atoms with Crippen LogP contribution >= 0.6 is 0 Å². The largest absolute Gasteiger partial charge is 0.481 e. The molecule has 0 aromatic carbocycles. The second-order valence-corrected chi connectivity index (χ2v) is 2.83. The molecule has 1 heterocycles. The average molecular weight is 178 g/mol. The van der Waals surface area contributed by atoms with Crippen molar-refractivity contribution in [2.45, 2.75) is 6.92 Å². The Labute approximate surface area is 78.2 Å². The van der Waals surface area contributed by atoms with Gasteiger partial charge < -0.3 is 10.5 Å². The summed E-state index contributed by atoms with van der Waals surface area (Å²) in [5.74, 6) is 0.627. The molecule has 0 fully saturated rings. The summed E-state index contributed by atoms with van der Waals surface area (Å²) in [7, 11) is 1.60. The first kappa shape index (κ1) is 9.74. The molecule has 70 valence electrons. The Bertz CT molecular complexity index is 290. The highest BCUT2D eigenvalue weighted by atomic mass is 16.5. The summed E-state index contributed by atoms with van der Waals surface area (Å²) in [5, 5.41) is 0. The number of ether oxygens (including phenoxy) is 1. The second kappa shape index (κ2) is 4.62. The summed E-state index contributed by atoms with van der Waals surface area (Å²) in [6.45, 7) is 2.57. The normalized spacial score (nSPS) is 11.5. The van der Waals surface area contributed by atoms with E-state index < -0.39 is 0 Å². The van der Waals surface area contributed by atoms with E-state index in [0.29, 0.717) is 12.4 Å². The topological polar surface area (TPSA) is 48.1 Å². The second-order valence-electron chi connectivity index (χ2n) is 2.83. The minimum absolute atomic E-state index is 0.575. The molecule has 0 radical (unpaired) electrons. The highest BCUT2D eigenvalue weighted by molar-refractivity contribution is 5.51. The van der Waals surface area contributed by atoms with Crippen molar-refractivity contribution in [2.24, 2.45) is 5.73 Å². The van der Waals surface area contributed by atoms with Crippen molar-refractivity contribution in [1.29, 1.82) is 0 Å². The van der Waals surface area contributed by atoms with Gasteiger partial charge in [0.1, 0.15) is 0 Å². The van der Waals surface area contributed by atoms with E-state index in [9.17, 15) is 0 Å². The lowest BCUT2D eigenvalue weighted by molar-refractivity contribution is 0.398. The Morgan fingerprint density at radius 1 is 1.62 bits per heavy atom. The van der Waals surface area contributed by atoms with Gasteiger partial charge in [-0.25, -0.2) is 4.98 Å². The number of aromatic nitrogens is 1. The first-order valence-electron chi connectivity index (χ1n) is 4.13. The molecule has 0 aliphatic rings. The number of nitrogens with zero attached hydrogens (tertiary/aromatic N) is 1. The summed E-state index contributed by atoms with van der Waals surface area (Å²) in [6.07, 6.45) is 3.77. The van der Waals surface area contributed by atoms with Gasteiger partial charge in [-0.2, -0.15) is 0 Å². The summed E-state index contributed by atoms with van der Waals surface area (Å²) >= 11 is 0. The van der Waals surface area contributed by atoms with Crippen LogP contribution < -0.4 is 10.5 Å². The van der Waals surface area contributed by atoms with Crippen molar-refractivity contribution in [2.75, 3.05) is 13.7 Å². The van der Waals surface area contributed by atoms with Crippen molar-refractivity contribution >= 4 is 6.08 Å². The predicted octanol–water partition coefficient (Wildman–Crippen LogP) is 1.45. The average Bonchev–Trinajstić information content (AvgIpc) is 2.19. The molecular weight excluding hydrogens is 164 g/mol. The third-order valence-corrected chi connectivity index (χ3v) is 1.70. The monoisotopic (exact) mass is 178 g/mol. The Hall–Kier alpha value is -1.35. The van der Waals surface area contributed by atoms with Gasteiger partial charge in [0.25, 0.3) is 0 Å². The fourth-order valence-corrected chi connectivity index (χ4v) is 0.941. The molecule has 1 aromatic heterocycles. The number of hydrogen-bond acceptors (Lipinski definition) is 3. The summed E-state index contributed by atoms with van der Waals surface area (Å²) in [6, 6.07) is 3.78. The number of methoxy groups -OCH3 is 1. The minimum atomic E-state index is 0.575. The van der Waals surface area contributed by atoms with Gasteiger partial charge in [0.2, 0.25) is 5.88 Å². The Morgan fingerprint density at radius 2 is 2.38 bits per heavy atom. The van der Waals surface area contributed by atoms with E-state index >= 15 is 0 Å². The van der Waals surface area contributed by atoms with Gasteiger partial charge in [-0.05, 0) is 18.6 Å². The van der Waals surface area contributed by atoms with E-state index in [1.54, 1.807) is 13.3 Å². The maximum absolute atomic E-state index is 5.46. The van der Waals surface area contributed by atoms with E-state index in [4.69, 9.17) is 10.5 Å². The van der Waals surface area contributed by atoms with E-state index in [1.165, 1.54) is 0 Å². The zero-order chi connectivity index (χ0) is 9.68. The SMILES string of the molecule is COc1ccc(/C=C(/C)CN)cn1. The van der Waals surface area contributed by atoms with Crippen LogP contribution in [0.5, 0.6) is 5.88 Å². The van der Waals surface area contributed by atoms with E-state index in [1.807, 2.05) is 25.1 Å². The minimum Gasteiger partial charge on any atom is -0.481 e. The standard InChI is InChI=1S/C10H14N2O/c1-8(6-11)5-9-3-4-10(13-2)12-7-9/h3-5,7H,6,11H2,1-2H3/b8-5-. The van der Waals surface area contributed by atoms with Gasteiger partial charge in [-0.15, -0.1) is 0 Å². The molecule has 1 rings (SSSR count). The van der Waals surface area contributed by atoms with E-state index in [2.05, 4.69) is 4.98 Å². The molecule has 13 heavy (non-hydrogen) atoms. The van der Waals surface area contributed by atoms with Gasteiger partial charge in [0.05, 0.1) is 7.11 Å². The van der Waals surface area contributed by atoms with Crippen molar-refractivity contribution in [3.05, 3.63) is 29.5 Å². The fraction of sp³-hybridized carbons (Fsp3) is 0.300. The first-order valence-corrected chi connectivity index (χ1v) is 4.13. The summed E-state index contributed by atoms with van der Waals surface area (Å²) in [4.78, 5) is 4.08. The Balaban J connectivity index is 2.80. The van der Waals surface area contributed by atoms with E-state index in [0.717, 1.165) is 11.1 Å². The molecule has 0 saturated carbocycles. The zero-order valence-electron chi connectivity index (χ0n) is 7.95. The highest BCUT2D eigenvalue weighted by Crippen LogP contribution is 2.09. The lowest BCUT2D eigenvalue weighted by Crippen LogP contribution is -1.99. The van der Waals surface area contributed by atoms with Crippen LogP contribution in [0.15, 0.2) is 23.9 Å². The molecule has 0 aliphatic heterocycles. The number of nitrogens with two attached hydrogens (primary N) is 1. The molecular formula is C10H14N2O. The summed E-state index contributed by atoms with van der Waals surface area (Å²) in [5.41, 5.74) is 7.64. The molecule has 2 N–H and O–H groups in total. The maximum atomic E-state index is 5.46. The molecule has 3 nitrogen and oxygen atoms in total. The molecule has 0 bridgehead atoms. The van der Waals surface area contributed by atoms with Crippen molar-refractivity contribution < 1.29 is 4.74 Å². The lowest BCUT2D eigenvalue weighted by Gasteiger charge is -1.99. The van der Waals surface area contributed by atoms with Crippen LogP contribution in [0.1, 0.15) is 12.5 Å². The van der Waals surface area contributed by atoms with E-state index in [-0.39, 0.29) is 0 Å². The molecule has 0 unspecified atom stereocenters. The van der Waals surface area contributed by atoms with Gasteiger partial charge in [-0.3, -0.25) is 0 Å². The molecule has 0 aliphatic carbocycles. The molecule has 1 aromatic rings. The fourth-order valence-electron chi connectivity index (χ4n) is 0.941. The molecule has 3 heteroatoms. The molecule has 0 atom stereocenters. The Kier molecular flexibility index (Phi) is 3.46. The predicted molar refractivity (Wildman–Crippen MR) is 53.5 cm³/mol. The molecule has 0 spiro atoms. The number of rotatable bonds is 3. The number of hydrogen-bond donors (Lipinski definition) is 1. The van der Waals surface area contributed by atoms with Crippen LogP contribution in [0.25, 0.3) is 6.08 Å². The molecule has 0 amide bonds. The van der Waals surface area contributed by atoms with Crippen LogP contribution in [0.3, 0.4) is 0 Å². The van der Waals surface area contributed by atoms with Crippen LogP contribution in [0, 0.1) is 0 Å². The van der Waals surface area contributed by atoms with Crippen molar-refractivity contribution in [3.63, 3.8) is 0 Å². The third kappa shape index (κ3) is 2.87. The highest BCUT2D eigenvalue weighted by Gasteiger charge is 1.92. The van der Waals surface area contributed by atoms with Crippen LogP contribution in [0.4, 0.5) is 0 Å².